The van der Waals surface area contributed by atoms with Gasteiger partial charge in [-0.05, 0) is 6.92 Å². The Morgan fingerprint density at radius 3 is 2.94 bits per heavy atom. The van der Waals surface area contributed by atoms with Crippen LogP contribution >= 0.6 is 11.8 Å². The van der Waals surface area contributed by atoms with Gasteiger partial charge in [0, 0.05) is 11.7 Å². The number of ether oxygens (including phenoxy) is 1. The fourth-order valence-corrected chi connectivity index (χ4v) is 3.14. The van der Waals surface area contributed by atoms with Crippen LogP contribution < -0.4 is 11.4 Å². The van der Waals surface area contributed by atoms with Crippen molar-refractivity contribution in [1.29, 1.82) is 0 Å². The second-order valence-corrected chi connectivity index (χ2v) is 4.99. The van der Waals surface area contributed by atoms with Crippen LogP contribution in [0.15, 0.2) is 19.0 Å². The van der Waals surface area contributed by atoms with Gasteiger partial charge in [0.15, 0.2) is 0 Å². The van der Waals surface area contributed by atoms with E-state index in [2.05, 4.69) is 4.42 Å². The summed E-state index contributed by atoms with van der Waals surface area (Å²) >= 11 is 1.39. The first kappa shape index (κ1) is 12.9. The lowest BCUT2D eigenvalue weighted by molar-refractivity contribution is -0.144. The lowest BCUT2D eigenvalue weighted by Gasteiger charge is -2.08. The number of esters is 1. The van der Waals surface area contributed by atoms with Gasteiger partial charge in [0.25, 0.3) is 0 Å². The van der Waals surface area contributed by atoms with E-state index in [0.717, 1.165) is 0 Å². The van der Waals surface area contributed by atoms with E-state index in [1.807, 2.05) is 6.92 Å². The van der Waals surface area contributed by atoms with Crippen molar-refractivity contribution in [2.45, 2.75) is 31.3 Å². The first-order valence-electron chi connectivity index (χ1n) is 5.60. The molecule has 2 heterocycles. The summed E-state index contributed by atoms with van der Waals surface area (Å²) in [4.78, 5) is 34.6. The molecule has 7 heteroatoms. The first-order chi connectivity index (χ1) is 8.54. The minimum absolute atomic E-state index is 0.0234. The lowest BCUT2D eigenvalue weighted by Crippen LogP contribution is -2.31. The molecule has 0 saturated carbocycles. The van der Waals surface area contributed by atoms with Crippen LogP contribution in [0.25, 0.3) is 0 Å². The molecule has 0 saturated heterocycles. The van der Waals surface area contributed by atoms with Crippen molar-refractivity contribution in [2.75, 3.05) is 12.4 Å². The van der Waals surface area contributed by atoms with Crippen LogP contribution in [0.3, 0.4) is 0 Å². The van der Waals surface area contributed by atoms with Gasteiger partial charge < -0.3 is 9.15 Å². The predicted octanol–water partition coefficient (Wildman–Crippen LogP) is 0.574. The number of carbonyl (C=O) groups excluding carboxylic acids is 1. The highest BCUT2D eigenvalue weighted by molar-refractivity contribution is 7.99. The van der Waals surface area contributed by atoms with Crippen LogP contribution in [0, 0.1) is 0 Å². The van der Waals surface area contributed by atoms with Crippen LogP contribution in [-0.4, -0.2) is 22.9 Å². The minimum Gasteiger partial charge on any atom is -0.465 e. The molecule has 0 bridgehead atoms. The van der Waals surface area contributed by atoms with Gasteiger partial charge in [-0.15, -0.1) is 11.8 Å². The van der Waals surface area contributed by atoms with Gasteiger partial charge in [0.1, 0.15) is 6.54 Å². The van der Waals surface area contributed by atoms with Crippen molar-refractivity contribution in [1.82, 2.24) is 4.57 Å². The summed E-state index contributed by atoms with van der Waals surface area (Å²) in [6.07, 6.45) is 0. The summed E-state index contributed by atoms with van der Waals surface area (Å²) in [7, 11) is 0. The van der Waals surface area contributed by atoms with E-state index in [-0.39, 0.29) is 19.1 Å². The van der Waals surface area contributed by atoms with E-state index in [9.17, 15) is 14.4 Å². The highest BCUT2D eigenvalue weighted by Gasteiger charge is 2.28. The van der Waals surface area contributed by atoms with E-state index < -0.39 is 17.4 Å². The molecule has 0 aliphatic carbocycles. The smallest absolute Gasteiger partial charge is 0.423 e. The Labute approximate surface area is 107 Å². The molecule has 0 aromatic carbocycles. The number of carbonyl (C=O) groups is 1. The highest BCUT2D eigenvalue weighted by Crippen LogP contribution is 2.36. The van der Waals surface area contributed by atoms with Crippen LogP contribution in [0.2, 0.25) is 0 Å². The van der Waals surface area contributed by atoms with E-state index in [1.54, 1.807) is 6.92 Å². The third-order valence-corrected chi connectivity index (χ3v) is 4.03. The maximum atomic E-state index is 11.6. The molecule has 1 unspecified atom stereocenters. The van der Waals surface area contributed by atoms with Crippen molar-refractivity contribution in [3.63, 3.8) is 0 Å². The van der Waals surface area contributed by atoms with Crippen LogP contribution in [0.5, 0.6) is 0 Å². The van der Waals surface area contributed by atoms with Crippen LogP contribution in [0.4, 0.5) is 0 Å². The normalized spacial score (nSPS) is 17.6. The Bertz CT molecular complexity index is 588. The molecule has 0 N–H and O–H groups in total. The van der Waals surface area contributed by atoms with Crippen molar-refractivity contribution < 1.29 is 13.9 Å². The molecule has 1 aromatic heterocycles. The molecule has 0 spiro atoms. The zero-order valence-corrected chi connectivity index (χ0v) is 10.9. The van der Waals surface area contributed by atoms with Crippen molar-refractivity contribution in [3.05, 3.63) is 26.5 Å². The van der Waals surface area contributed by atoms with Gasteiger partial charge in [-0.25, -0.2) is 9.59 Å². The molecule has 6 nitrogen and oxygen atoms in total. The Kier molecular flexibility index (Phi) is 3.60. The highest BCUT2D eigenvalue weighted by atomic mass is 32.2. The molecule has 1 aromatic rings. The molecule has 18 heavy (non-hydrogen) atoms. The monoisotopic (exact) mass is 271 g/mol. The summed E-state index contributed by atoms with van der Waals surface area (Å²) in [6.45, 7) is 3.59. The molecule has 1 aliphatic heterocycles. The quantitative estimate of drug-likeness (QED) is 0.748. The Morgan fingerprint density at radius 2 is 2.28 bits per heavy atom. The fraction of sp³-hybridized carbons (Fsp3) is 0.545. The summed E-state index contributed by atoms with van der Waals surface area (Å²) in [5.74, 6) is -0.605. The summed E-state index contributed by atoms with van der Waals surface area (Å²) in [6, 6.07) is 0. The SMILES string of the molecule is CCOC(=O)Cn1c2c(c(=O)oc1=O)C(C)CS2. The number of hydrogen-bond donors (Lipinski definition) is 0. The molecule has 1 aliphatic rings. The molecule has 0 radical (unpaired) electrons. The maximum absolute atomic E-state index is 11.6. The largest absolute Gasteiger partial charge is 0.465 e. The van der Waals surface area contributed by atoms with Crippen molar-refractivity contribution in [3.8, 4) is 0 Å². The predicted molar refractivity (Wildman–Crippen MR) is 65.0 cm³/mol. The third-order valence-electron chi connectivity index (χ3n) is 2.65. The van der Waals surface area contributed by atoms with Gasteiger partial charge in [-0.3, -0.25) is 9.36 Å². The number of aromatic nitrogens is 1. The summed E-state index contributed by atoms with van der Waals surface area (Å²) in [5, 5.41) is 0.525. The van der Waals surface area contributed by atoms with E-state index >= 15 is 0 Å². The number of nitrogens with zero attached hydrogens (tertiary/aromatic N) is 1. The zero-order valence-electron chi connectivity index (χ0n) is 10.1. The number of fused-ring (bicyclic) bond motifs is 1. The molecule has 0 fully saturated rings. The fourth-order valence-electron chi connectivity index (χ4n) is 1.83. The second-order valence-electron chi connectivity index (χ2n) is 3.98. The molecular weight excluding hydrogens is 258 g/mol. The average Bonchev–Trinajstić information content (AvgIpc) is 2.67. The topological polar surface area (TPSA) is 78.5 Å². The van der Waals surface area contributed by atoms with E-state index in [1.165, 1.54) is 16.3 Å². The lowest BCUT2D eigenvalue weighted by atomic mass is 10.1. The van der Waals surface area contributed by atoms with E-state index in [4.69, 9.17) is 4.74 Å². The minimum atomic E-state index is -0.812. The van der Waals surface area contributed by atoms with Gasteiger partial charge in [0.2, 0.25) is 0 Å². The standard InChI is InChI=1S/C11H13NO5S/c1-3-16-7(13)4-12-9-8(6(2)5-18-9)10(14)17-11(12)15/h6H,3-5H2,1-2H3. The zero-order chi connectivity index (χ0) is 13.3. The second kappa shape index (κ2) is 5.01. The Morgan fingerprint density at radius 1 is 1.56 bits per heavy atom. The maximum Gasteiger partial charge on any atom is 0.423 e. The van der Waals surface area contributed by atoms with Crippen molar-refractivity contribution >= 4 is 17.7 Å². The number of hydrogen-bond acceptors (Lipinski definition) is 6. The molecular formula is C11H13NO5S. The first-order valence-corrected chi connectivity index (χ1v) is 6.59. The van der Waals surface area contributed by atoms with Gasteiger partial charge in [-0.2, -0.15) is 0 Å². The van der Waals surface area contributed by atoms with Crippen LogP contribution in [0.1, 0.15) is 25.3 Å². The molecule has 98 valence electrons. The molecule has 2 rings (SSSR count). The van der Waals surface area contributed by atoms with E-state index in [0.29, 0.717) is 16.3 Å². The molecule has 1 atom stereocenters. The van der Waals surface area contributed by atoms with Gasteiger partial charge >= 0.3 is 17.4 Å². The summed E-state index contributed by atoms with van der Waals surface area (Å²) < 4.78 is 10.6. The van der Waals surface area contributed by atoms with Gasteiger partial charge in [-0.1, -0.05) is 6.92 Å². The average molecular weight is 271 g/mol. The molecule has 0 amide bonds. The number of rotatable bonds is 3. The van der Waals surface area contributed by atoms with Crippen molar-refractivity contribution in [2.24, 2.45) is 0 Å². The van der Waals surface area contributed by atoms with Gasteiger partial charge in [0.05, 0.1) is 17.2 Å². The Balaban J connectivity index is 2.46. The summed E-state index contributed by atoms with van der Waals surface area (Å²) in [5.41, 5.74) is -0.128. The Hall–Kier alpha value is -1.50. The third kappa shape index (κ3) is 2.22. The number of thioether (sulfide) groups is 1. The van der Waals surface area contributed by atoms with Crippen LogP contribution in [-0.2, 0) is 16.1 Å².